The first-order valence-electron chi connectivity index (χ1n) is 8.79. The van der Waals surface area contributed by atoms with Crippen LogP contribution < -0.4 is 0 Å². The van der Waals surface area contributed by atoms with Crippen molar-refractivity contribution in [3.05, 3.63) is 76.4 Å². The van der Waals surface area contributed by atoms with E-state index in [1.165, 1.54) is 0 Å². The molecule has 168 valence electrons. The van der Waals surface area contributed by atoms with E-state index in [9.17, 15) is 43.9 Å². The molecule has 3 aromatic carbocycles. The van der Waals surface area contributed by atoms with E-state index >= 15 is 0 Å². The third-order valence-corrected chi connectivity index (χ3v) is 5.11. The fourth-order valence-corrected chi connectivity index (χ4v) is 3.54. The van der Waals surface area contributed by atoms with Crippen LogP contribution in [0, 0.1) is 30.2 Å². The van der Waals surface area contributed by atoms with E-state index in [0.717, 1.165) is 19.1 Å². The summed E-state index contributed by atoms with van der Waals surface area (Å²) in [5.41, 5.74) is -6.23. The van der Waals surface area contributed by atoms with Crippen molar-refractivity contribution in [2.24, 2.45) is 0 Å². The third kappa shape index (κ3) is 3.18. The van der Waals surface area contributed by atoms with Crippen LogP contribution in [0.1, 0.15) is 16.7 Å². The van der Waals surface area contributed by atoms with Crippen LogP contribution in [-0.2, 0) is 12.4 Å². The minimum absolute atomic E-state index is 0.109. The average molecular weight is 465 g/mol. The van der Waals surface area contributed by atoms with Crippen molar-refractivity contribution >= 4 is 21.8 Å². The molecule has 0 saturated carbocycles. The fraction of sp³-hybridized carbons (Fsp3) is 0.143. The lowest BCUT2D eigenvalue weighted by Gasteiger charge is -2.15. The van der Waals surface area contributed by atoms with E-state index in [1.807, 2.05) is 0 Å². The lowest BCUT2D eigenvalue weighted by Crippen LogP contribution is -2.10. The van der Waals surface area contributed by atoms with Crippen LogP contribution in [0.5, 0.6) is 0 Å². The Morgan fingerprint density at radius 1 is 0.594 bits per heavy atom. The number of hydrogen-bond donors (Lipinski definition) is 0. The van der Waals surface area contributed by atoms with Gasteiger partial charge in [-0.3, -0.25) is 0 Å². The molecule has 0 spiro atoms. The second-order valence-electron chi connectivity index (χ2n) is 7.02. The van der Waals surface area contributed by atoms with Gasteiger partial charge in [0.1, 0.15) is 5.69 Å². The van der Waals surface area contributed by atoms with Gasteiger partial charge in [0, 0.05) is 16.3 Å². The normalized spacial score (nSPS) is 12.8. The molecule has 0 aliphatic heterocycles. The Morgan fingerprint density at radius 3 is 1.31 bits per heavy atom. The molecule has 1 heterocycles. The highest BCUT2D eigenvalue weighted by Gasteiger charge is 2.34. The largest absolute Gasteiger partial charge is 0.416 e. The molecule has 11 heteroatoms. The number of rotatable bonds is 1. The highest BCUT2D eigenvalue weighted by molar-refractivity contribution is 6.09. The second-order valence-corrected chi connectivity index (χ2v) is 7.02. The number of aromatic nitrogens is 1. The van der Waals surface area contributed by atoms with Crippen molar-refractivity contribution in [1.82, 2.24) is 4.57 Å². The summed E-state index contributed by atoms with van der Waals surface area (Å²) in [4.78, 5) is 0. The summed E-state index contributed by atoms with van der Waals surface area (Å²) in [5.74, 6) is -7.58. The Hall–Kier alpha value is -3.24. The van der Waals surface area contributed by atoms with Crippen molar-refractivity contribution in [2.75, 3.05) is 0 Å². The summed E-state index contributed by atoms with van der Waals surface area (Å²) in [6.07, 6.45) is -9.82. The lowest BCUT2D eigenvalue weighted by molar-refractivity contribution is -0.138. The molecule has 1 aromatic heterocycles. The van der Waals surface area contributed by atoms with Gasteiger partial charge in [0.2, 0.25) is 0 Å². The summed E-state index contributed by atoms with van der Waals surface area (Å²) in [5, 5.41) is -0.219. The number of hydrogen-bond acceptors (Lipinski definition) is 0. The number of fused-ring (bicyclic) bond motifs is 3. The number of alkyl halides is 6. The van der Waals surface area contributed by atoms with Gasteiger partial charge in [0.05, 0.1) is 22.2 Å². The maximum absolute atomic E-state index is 14.7. The second kappa shape index (κ2) is 6.88. The summed E-state index contributed by atoms with van der Waals surface area (Å²) in [6.45, 7) is 0.732. The molecule has 0 aliphatic rings. The third-order valence-electron chi connectivity index (χ3n) is 5.11. The molecule has 32 heavy (non-hydrogen) atoms. The van der Waals surface area contributed by atoms with E-state index in [2.05, 4.69) is 0 Å². The molecule has 0 fully saturated rings. The van der Waals surface area contributed by atoms with Gasteiger partial charge < -0.3 is 4.57 Å². The summed E-state index contributed by atoms with van der Waals surface area (Å²) in [7, 11) is 0. The first kappa shape index (κ1) is 22.0. The SMILES string of the molecule is Cc1c(F)c(F)c(-n2c3cc(C(F)(F)F)ccc3c3ccc(C(F)(F)F)cc32)c(F)c1F. The molecule has 0 amide bonds. The van der Waals surface area contributed by atoms with Crippen LogP contribution in [0.4, 0.5) is 43.9 Å². The number of halogens is 10. The lowest BCUT2D eigenvalue weighted by atomic mass is 10.1. The van der Waals surface area contributed by atoms with Crippen LogP contribution in [0.2, 0.25) is 0 Å². The van der Waals surface area contributed by atoms with Crippen molar-refractivity contribution in [2.45, 2.75) is 19.3 Å². The maximum atomic E-state index is 14.7. The Balaban J connectivity index is 2.26. The van der Waals surface area contributed by atoms with Crippen LogP contribution in [0.15, 0.2) is 36.4 Å². The van der Waals surface area contributed by atoms with Crippen molar-refractivity contribution in [3.63, 3.8) is 0 Å². The van der Waals surface area contributed by atoms with E-state index in [-0.39, 0.29) is 10.8 Å². The van der Waals surface area contributed by atoms with Gasteiger partial charge in [-0.05, 0) is 31.2 Å². The average Bonchev–Trinajstić information content (AvgIpc) is 3.03. The minimum Gasteiger partial charge on any atom is -0.304 e. The van der Waals surface area contributed by atoms with E-state index < -0.39 is 69.0 Å². The van der Waals surface area contributed by atoms with Crippen molar-refractivity contribution in [3.8, 4) is 5.69 Å². The molecule has 0 unspecified atom stereocenters. The molecule has 0 bridgehead atoms. The molecular weight excluding hydrogens is 456 g/mol. The predicted octanol–water partition coefficient (Wildman–Crippen LogP) is 7.69. The smallest absolute Gasteiger partial charge is 0.304 e. The summed E-state index contributed by atoms with van der Waals surface area (Å²) >= 11 is 0. The van der Waals surface area contributed by atoms with Gasteiger partial charge in [-0.2, -0.15) is 26.3 Å². The molecular formula is C21H9F10N. The van der Waals surface area contributed by atoms with E-state index in [4.69, 9.17) is 0 Å². The fourth-order valence-electron chi connectivity index (χ4n) is 3.54. The van der Waals surface area contributed by atoms with Crippen LogP contribution >= 0.6 is 0 Å². The van der Waals surface area contributed by atoms with Gasteiger partial charge in [-0.15, -0.1) is 0 Å². The number of nitrogens with zero attached hydrogens (tertiary/aromatic N) is 1. The molecule has 0 radical (unpaired) electrons. The molecule has 0 N–H and O–H groups in total. The monoisotopic (exact) mass is 465 g/mol. The van der Waals surface area contributed by atoms with Gasteiger partial charge >= 0.3 is 12.4 Å². The van der Waals surface area contributed by atoms with E-state index in [0.29, 0.717) is 28.8 Å². The van der Waals surface area contributed by atoms with Crippen molar-refractivity contribution < 1.29 is 43.9 Å². The Kier molecular flexibility index (Phi) is 4.72. The Morgan fingerprint density at radius 2 is 0.969 bits per heavy atom. The molecule has 0 aliphatic carbocycles. The first-order valence-corrected chi connectivity index (χ1v) is 8.79. The first-order chi connectivity index (χ1) is 14.7. The van der Waals surface area contributed by atoms with Gasteiger partial charge in [0.15, 0.2) is 23.3 Å². The zero-order valence-corrected chi connectivity index (χ0v) is 15.7. The van der Waals surface area contributed by atoms with Crippen molar-refractivity contribution in [1.29, 1.82) is 0 Å². The number of benzene rings is 3. The molecule has 0 atom stereocenters. The van der Waals surface area contributed by atoms with Crippen LogP contribution in [-0.4, -0.2) is 4.57 Å². The standard InChI is InChI=1S/C21H9F10N/c1-8-15(22)17(24)19(18(25)16(8)23)32-13-6-9(20(26,27)28)2-4-11(13)12-5-3-10(7-14(12)32)21(29,30)31/h2-7H,1H3. The Labute approximate surface area is 172 Å². The van der Waals surface area contributed by atoms with Gasteiger partial charge in [-0.1, -0.05) is 12.1 Å². The van der Waals surface area contributed by atoms with Crippen LogP contribution in [0.3, 0.4) is 0 Å². The zero-order valence-electron chi connectivity index (χ0n) is 15.7. The maximum Gasteiger partial charge on any atom is 0.416 e. The van der Waals surface area contributed by atoms with Gasteiger partial charge in [-0.25, -0.2) is 17.6 Å². The summed E-state index contributed by atoms with van der Waals surface area (Å²) < 4.78 is 138. The zero-order chi connectivity index (χ0) is 23.7. The Bertz CT molecular complexity index is 1290. The quantitative estimate of drug-likeness (QED) is 0.201. The highest BCUT2D eigenvalue weighted by Crippen LogP contribution is 2.41. The predicted molar refractivity (Wildman–Crippen MR) is 95.4 cm³/mol. The molecule has 1 nitrogen and oxygen atoms in total. The summed E-state index contributed by atoms with van der Waals surface area (Å²) in [6, 6.07) is 3.95. The molecule has 4 aromatic rings. The van der Waals surface area contributed by atoms with E-state index in [1.54, 1.807) is 0 Å². The minimum atomic E-state index is -4.91. The van der Waals surface area contributed by atoms with Gasteiger partial charge in [0.25, 0.3) is 0 Å². The molecule has 0 saturated heterocycles. The highest BCUT2D eigenvalue weighted by atomic mass is 19.4. The molecule has 4 rings (SSSR count). The topological polar surface area (TPSA) is 4.93 Å². The van der Waals surface area contributed by atoms with Crippen LogP contribution in [0.25, 0.3) is 27.5 Å².